The summed E-state index contributed by atoms with van der Waals surface area (Å²) in [5.41, 5.74) is 0. The summed E-state index contributed by atoms with van der Waals surface area (Å²) in [5, 5.41) is 0. The van der Waals surface area contributed by atoms with Gasteiger partial charge < -0.3 is 4.74 Å². The zero-order valence-corrected chi connectivity index (χ0v) is 4.41. The Morgan fingerprint density at radius 1 is 1.71 bits per heavy atom. The average molecular weight is 104 g/mol. The quantitative estimate of drug-likeness (QED) is 0.452. The van der Waals surface area contributed by atoms with Gasteiger partial charge in [0.1, 0.15) is 0 Å². The minimum Gasteiger partial charge on any atom is -0.346 e. The molecule has 0 radical (unpaired) electrons. The van der Waals surface area contributed by atoms with Crippen LogP contribution in [0.4, 0.5) is 4.39 Å². The minimum atomic E-state index is -1.31. The zero-order chi connectivity index (χ0) is 5.33. The van der Waals surface area contributed by atoms with E-state index < -0.39 is 5.85 Å². The maximum absolute atomic E-state index is 12.4. The van der Waals surface area contributed by atoms with Gasteiger partial charge in [0.2, 0.25) is 5.85 Å². The van der Waals surface area contributed by atoms with Crippen molar-refractivity contribution in [3.63, 3.8) is 0 Å². The fourth-order valence-electron chi connectivity index (χ4n) is 0.745. The number of hydrogen-bond acceptors (Lipinski definition) is 1. The average Bonchev–Trinajstić information content (AvgIpc) is 1.84. The highest BCUT2D eigenvalue weighted by Gasteiger charge is 2.28. The van der Waals surface area contributed by atoms with Crippen LogP contribution < -0.4 is 0 Å². The van der Waals surface area contributed by atoms with Gasteiger partial charge in [-0.3, -0.25) is 0 Å². The van der Waals surface area contributed by atoms with Crippen LogP contribution in [0.25, 0.3) is 0 Å². The highest BCUT2D eigenvalue weighted by molar-refractivity contribution is 4.66. The van der Waals surface area contributed by atoms with Crippen molar-refractivity contribution in [2.24, 2.45) is 0 Å². The molecule has 1 nitrogen and oxygen atoms in total. The highest BCUT2D eigenvalue weighted by Crippen LogP contribution is 2.25. The number of ether oxygens (including phenoxy) is 1. The summed E-state index contributed by atoms with van der Waals surface area (Å²) >= 11 is 0. The second kappa shape index (κ2) is 1.44. The van der Waals surface area contributed by atoms with Gasteiger partial charge in [-0.1, -0.05) is 0 Å². The summed E-state index contributed by atoms with van der Waals surface area (Å²) in [7, 11) is 0. The van der Waals surface area contributed by atoms with Crippen LogP contribution >= 0.6 is 0 Å². The number of alkyl halides is 1. The third kappa shape index (κ3) is 1.13. The molecular formula is C5H9FO. The maximum atomic E-state index is 12.4. The molecule has 0 aliphatic carbocycles. The van der Waals surface area contributed by atoms with Gasteiger partial charge >= 0.3 is 0 Å². The largest absolute Gasteiger partial charge is 0.346 e. The van der Waals surface area contributed by atoms with Gasteiger partial charge in [0.05, 0.1) is 6.61 Å². The lowest BCUT2D eigenvalue weighted by molar-refractivity contribution is -0.0888. The monoisotopic (exact) mass is 104 g/mol. The SMILES string of the molecule is CC1(F)CCCO1. The van der Waals surface area contributed by atoms with Crippen molar-refractivity contribution in [2.45, 2.75) is 25.6 Å². The van der Waals surface area contributed by atoms with E-state index in [-0.39, 0.29) is 0 Å². The Hall–Kier alpha value is -0.110. The van der Waals surface area contributed by atoms with Gasteiger partial charge in [0, 0.05) is 6.42 Å². The molecule has 0 aromatic heterocycles. The van der Waals surface area contributed by atoms with E-state index in [0.29, 0.717) is 13.0 Å². The smallest absolute Gasteiger partial charge is 0.206 e. The molecule has 1 fully saturated rings. The number of halogens is 1. The Bertz CT molecular complexity index is 62.5. The molecule has 1 aliphatic heterocycles. The first-order valence-electron chi connectivity index (χ1n) is 2.54. The lowest BCUT2D eigenvalue weighted by Gasteiger charge is -2.08. The Labute approximate surface area is 42.5 Å². The van der Waals surface area contributed by atoms with Crippen LogP contribution in [-0.4, -0.2) is 12.5 Å². The topological polar surface area (TPSA) is 9.23 Å². The third-order valence-electron chi connectivity index (χ3n) is 1.17. The van der Waals surface area contributed by atoms with E-state index >= 15 is 0 Å². The van der Waals surface area contributed by atoms with Crippen molar-refractivity contribution in [1.82, 2.24) is 0 Å². The Balaban J connectivity index is 2.40. The molecule has 0 spiro atoms. The molecule has 0 N–H and O–H groups in total. The molecule has 0 aromatic carbocycles. The van der Waals surface area contributed by atoms with Gasteiger partial charge in [-0.2, -0.15) is 0 Å². The highest BCUT2D eigenvalue weighted by atomic mass is 19.2. The molecule has 1 rings (SSSR count). The van der Waals surface area contributed by atoms with Crippen molar-refractivity contribution in [3.05, 3.63) is 0 Å². The van der Waals surface area contributed by atoms with Crippen molar-refractivity contribution in [2.75, 3.05) is 6.61 Å². The fraction of sp³-hybridized carbons (Fsp3) is 1.00. The summed E-state index contributed by atoms with van der Waals surface area (Å²) in [5.74, 6) is -1.31. The van der Waals surface area contributed by atoms with Gasteiger partial charge in [0.25, 0.3) is 0 Å². The lowest BCUT2D eigenvalue weighted by atomic mass is 10.2. The molecule has 1 aliphatic rings. The van der Waals surface area contributed by atoms with Gasteiger partial charge in [-0.15, -0.1) is 0 Å². The van der Waals surface area contributed by atoms with Gasteiger partial charge in [-0.05, 0) is 13.3 Å². The van der Waals surface area contributed by atoms with Gasteiger partial charge in [-0.25, -0.2) is 4.39 Å². The van der Waals surface area contributed by atoms with Crippen molar-refractivity contribution in [3.8, 4) is 0 Å². The predicted molar refractivity (Wildman–Crippen MR) is 24.7 cm³/mol. The Morgan fingerprint density at radius 3 is 2.57 bits per heavy atom. The number of rotatable bonds is 0. The van der Waals surface area contributed by atoms with E-state index in [1.54, 1.807) is 0 Å². The van der Waals surface area contributed by atoms with E-state index in [1.807, 2.05) is 0 Å². The van der Waals surface area contributed by atoms with Crippen LogP contribution in [0.15, 0.2) is 0 Å². The second-order valence-electron chi connectivity index (χ2n) is 2.05. The normalized spacial score (nSPS) is 42.0. The van der Waals surface area contributed by atoms with Crippen molar-refractivity contribution < 1.29 is 9.13 Å². The summed E-state index contributed by atoms with van der Waals surface area (Å²) in [6, 6.07) is 0. The van der Waals surface area contributed by atoms with Crippen LogP contribution in [0.2, 0.25) is 0 Å². The van der Waals surface area contributed by atoms with Crippen LogP contribution in [0.5, 0.6) is 0 Å². The molecule has 0 aromatic rings. The summed E-state index contributed by atoms with van der Waals surface area (Å²) < 4.78 is 17.1. The van der Waals surface area contributed by atoms with Crippen LogP contribution in [0, 0.1) is 0 Å². The van der Waals surface area contributed by atoms with E-state index in [4.69, 9.17) is 0 Å². The van der Waals surface area contributed by atoms with Crippen molar-refractivity contribution in [1.29, 1.82) is 0 Å². The summed E-state index contributed by atoms with van der Waals surface area (Å²) in [4.78, 5) is 0. The Morgan fingerprint density at radius 2 is 2.43 bits per heavy atom. The molecule has 0 bridgehead atoms. The first-order chi connectivity index (χ1) is 3.21. The van der Waals surface area contributed by atoms with Crippen molar-refractivity contribution >= 4 is 0 Å². The minimum absolute atomic E-state index is 0.562. The number of hydrogen-bond donors (Lipinski definition) is 0. The van der Waals surface area contributed by atoms with Gasteiger partial charge in [0.15, 0.2) is 0 Å². The van der Waals surface area contributed by atoms with Crippen LogP contribution in [0.3, 0.4) is 0 Å². The first-order valence-corrected chi connectivity index (χ1v) is 2.54. The molecule has 42 valence electrons. The molecular weight excluding hydrogens is 95.1 g/mol. The molecule has 1 saturated heterocycles. The predicted octanol–water partition coefficient (Wildman–Crippen LogP) is 1.48. The van der Waals surface area contributed by atoms with Crippen LogP contribution in [0.1, 0.15) is 19.8 Å². The first kappa shape index (κ1) is 5.04. The maximum Gasteiger partial charge on any atom is 0.206 e. The zero-order valence-electron chi connectivity index (χ0n) is 4.41. The molecule has 1 unspecified atom stereocenters. The van der Waals surface area contributed by atoms with Crippen LogP contribution in [-0.2, 0) is 4.74 Å². The molecule has 2 heteroatoms. The molecule has 7 heavy (non-hydrogen) atoms. The fourth-order valence-corrected chi connectivity index (χ4v) is 0.745. The second-order valence-corrected chi connectivity index (χ2v) is 2.05. The van der Waals surface area contributed by atoms with E-state index in [1.165, 1.54) is 6.92 Å². The molecule has 1 atom stereocenters. The lowest BCUT2D eigenvalue weighted by Crippen LogP contribution is -2.13. The summed E-state index contributed by atoms with van der Waals surface area (Å²) in [6.07, 6.45) is 1.43. The molecule has 0 amide bonds. The van der Waals surface area contributed by atoms with E-state index in [2.05, 4.69) is 4.74 Å². The molecule has 0 saturated carbocycles. The van der Waals surface area contributed by atoms with E-state index in [0.717, 1.165) is 6.42 Å². The Kier molecular flexibility index (Phi) is 1.04. The van der Waals surface area contributed by atoms with E-state index in [9.17, 15) is 4.39 Å². The molecule has 1 heterocycles. The summed E-state index contributed by atoms with van der Waals surface area (Å²) in [6.45, 7) is 2.06. The third-order valence-corrected chi connectivity index (χ3v) is 1.17. The standard InChI is InChI=1S/C5H9FO/c1-5(6)3-2-4-7-5/h2-4H2,1H3.